The van der Waals surface area contributed by atoms with Crippen LogP contribution in [-0.2, 0) is 0 Å². The third-order valence-corrected chi connectivity index (χ3v) is 4.24. The quantitative estimate of drug-likeness (QED) is 0.885. The SMILES string of the molecule is Cc1ccc(NC(=O)N2CCCCC2CCO)s1. The minimum Gasteiger partial charge on any atom is -0.396 e. The lowest BCUT2D eigenvalue weighted by Gasteiger charge is -2.35. The average Bonchev–Trinajstić information content (AvgIpc) is 2.76. The van der Waals surface area contributed by atoms with E-state index in [1.54, 1.807) is 11.3 Å². The minimum atomic E-state index is -0.0324. The van der Waals surface area contributed by atoms with Gasteiger partial charge in [-0.1, -0.05) is 0 Å². The van der Waals surface area contributed by atoms with Crippen LogP contribution in [0.2, 0.25) is 0 Å². The monoisotopic (exact) mass is 268 g/mol. The summed E-state index contributed by atoms with van der Waals surface area (Å²) < 4.78 is 0. The Hall–Kier alpha value is -1.07. The van der Waals surface area contributed by atoms with Crippen LogP contribution in [0.5, 0.6) is 0 Å². The van der Waals surface area contributed by atoms with Gasteiger partial charge >= 0.3 is 6.03 Å². The zero-order valence-corrected chi connectivity index (χ0v) is 11.5. The Kier molecular flexibility index (Phi) is 4.60. The fourth-order valence-electron chi connectivity index (χ4n) is 2.40. The summed E-state index contributed by atoms with van der Waals surface area (Å²) in [6.07, 6.45) is 3.87. The number of aliphatic hydroxyl groups is 1. The van der Waals surface area contributed by atoms with Gasteiger partial charge in [0.15, 0.2) is 0 Å². The number of likely N-dealkylation sites (tertiary alicyclic amines) is 1. The second-order valence-corrected chi connectivity index (χ2v) is 5.98. The maximum absolute atomic E-state index is 12.2. The number of carbonyl (C=O) groups excluding carboxylic acids is 1. The molecular formula is C13H20N2O2S. The highest BCUT2D eigenvalue weighted by molar-refractivity contribution is 7.16. The van der Waals surface area contributed by atoms with Crippen molar-refractivity contribution in [2.75, 3.05) is 18.5 Å². The number of hydrogen-bond donors (Lipinski definition) is 2. The predicted molar refractivity (Wildman–Crippen MR) is 74.1 cm³/mol. The fraction of sp³-hybridized carbons (Fsp3) is 0.615. The number of carbonyl (C=O) groups is 1. The number of nitrogens with one attached hydrogen (secondary N) is 1. The number of thiophene rings is 1. The van der Waals surface area contributed by atoms with E-state index in [0.29, 0.717) is 6.42 Å². The number of anilines is 1. The molecule has 1 fully saturated rings. The Bertz CT molecular complexity index is 403. The van der Waals surface area contributed by atoms with Crippen LogP contribution < -0.4 is 5.32 Å². The lowest BCUT2D eigenvalue weighted by atomic mass is 10.0. The third kappa shape index (κ3) is 3.23. The van der Waals surface area contributed by atoms with E-state index in [2.05, 4.69) is 5.32 Å². The van der Waals surface area contributed by atoms with Crippen LogP contribution in [0, 0.1) is 6.92 Å². The van der Waals surface area contributed by atoms with Crippen LogP contribution in [0.1, 0.15) is 30.6 Å². The molecule has 2 N–H and O–H groups in total. The van der Waals surface area contributed by atoms with Gasteiger partial charge in [0.05, 0.1) is 5.00 Å². The summed E-state index contributed by atoms with van der Waals surface area (Å²) in [7, 11) is 0. The van der Waals surface area contributed by atoms with Crippen LogP contribution >= 0.6 is 11.3 Å². The van der Waals surface area contributed by atoms with Gasteiger partial charge in [-0.15, -0.1) is 11.3 Å². The van der Waals surface area contributed by atoms with Crippen LogP contribution in [0.15, 0.2) is 12.1 Å². The average molecular weight is 268 g/mol. The molecule has 18 heavy (non-hydrogen) atoms. The summed E-state index contributed by atoms with van der Waals surface area (Å²) in [6.45, 7) is 2.96. The van der Waals surface area contributed by atoms with Crippen molar-refractivity contribution in [3.8, 4) is 0 Å². The van der Waals surface area contributed by atoms with E-state index in [9.17, 15) is 4.79 Å². The molecule has 1 aromatic rings. The highest BCUT2D eigenvalue weighted by atomic mass is 32.1. The van der Waals surface area contributed by atoms with E-state index in [4.69, 9.17) is 5.11 Å². The van der Waals surface area contributed by atoms with Crippen molar-refractivity contribution in [3.63, 3.8) is 0 Å². The molecule has 0 aromatic carbocycles. The molecule has 0 aliphatic carbocycles. The van der Waals surface area contributed by atoms with Gasteiger partial charge in [-0.25, -0.2) is 4.79 Å². The Balaban J connectivity index is 1.97. The number of nitrogens with zero attached hydrogens (tertiary/aromatic N) is 1. The van der Waals surface area contributed by atoms with E-state index in [1.807, 2.05) is 24.0 Å². The van der Waals surface area contributed by atoms with Gasteiger partial charge in [-0.05, 0) is 44.7 Å². The predicted octanol–water partition coefficient (Wildman–Crippen LogP) is 2.83. The molecule has 1 saturated heterocycles. The van der Waals surface area contributed by atoms with Crippen molar-refractivity contribution in [2.24, 2.45) is 0 Å². The van der Waals surface area contributed by atoms with Crippen molar-refractivity contribution >= 4 is 22.4 Å². The molecular weight excluding hydrogens is 248 g/mol. The van der Waals surface area contributed by atoms with E-state index >= 15 is 0 Å². The van der Waals surface area contributed by atoms with Crippen LogP contribution in [0.3, 0.4) is 0 Å². The van der Waals surface area contributed by atoms with E-state index in [0.717, 1.165) is 30.8 Å². The number of rotatable bonds is 3. The van der Waals surface area contributed by atoms with Crippen molar-refractivity contribution in [2.45, 2.75) is 38.6 Å². The number of aryl methyl sites for hydroxylation is 1. The number of piperidine rings is 1. The molecule has 2 heterocycles. The first-order valence-corrected chi connectivity index (χ1v) is 7.27. The number of amides is 2. The highest BCUT2D eigenvalue weighted by Gasteiger charge is 2.26. The van der Waals surface area contributed by atoms with Gasteiger partial charge in [0.1, 0.15) is 0 Å². The third-order valence-electron chi connectivity index (χ3n) is 3.32. The molecule has 4 nitrogen and oxygen atoms in total. The topological polar surface area (TPSA) is 52.6 Å². The second-order valence-electron chi connectivity index (χ2n) is 4.70. The zero-order valence-electron chi connectivity index (χ0n) is 10.7. The summed E-state index contributed by atoms with van der Waals surface area (Å²) in [5.74, 6) is 0. The number of aliphatic hydroxyl groups excluding tert-OH is 1. The van der Waals surface area contributed by atoms with Gasteiger partial charge in [0, 0.05) is 24.1 Å². The van der Waals surface area contributed by atoms with Crippen LogP contribution in [-0.4, -0.2) is 35.2 Å². The Morgan fingerprint density at radius 1 is 1.56 bits per heavy atom. The Labute approximate surface area is 112 Å². The fourth-order valence-corrected chi connectivity index (χ4v) is 3.15. The summed E-state index contributed by atoms with van der Waals surface area (Å²) in [5, 5.41) is 12.9. The molecule has 2 rings (SSSR count). The van der Waals surface area contributed by atoms with E-state index in [1.165, 1.54) is 4.88 Å². The normalized spacial score (nSPS) is 19.9. The van der Waals surface area contributed by atoms with Crippen molar-refractivity contribution in [1.29, 1.82) is 0 Å². The first kappa shape index (κ1) is 13.4. The largest absolute Gasteiger partial charge is 0.396 e. The summed E-state index contributed by atoms with van der Waals surface area (Å²) >= 11 is 1.59. The summed E-state index contributed by atoms with van der Waals surface area (Å²) in [6, 6.07) is 4.09. The number of urea groups is 1. The maximum atomic E-state index is 12.2. The van der Waals surface area contributed by atoms with Crippen molar-refractivity contribution in [1.82, 2.24) is 4.90 Å². The van der Waals surface area contributed by atoms with Gasteiger partial charge < -0.3 is 10.0 Å². The molecule has 1 aliphatic heterocycles. The summed E-state index contributed by atoms with van der Waals surface area (Å²) in [4.78, 5) is 15.3. The van der Waals surface area contributed by atoms with Crippen molar-refractivity contribution < 1.29 is 9.90 Å². The van der Waals surface area contributed by atoms with Crippen LogP contribution in [0.4, 0.5) is 9.80 Å². The first-order valence-electron chi connectivity index (χ1n) is 6.45. The smallest absolute Gasteiger partial charge is 0.322 e. The summed E-state index contributed by atoms with van der Waals surface area (Å²) in [5.41, 5.74) is 0. The zero-order chi connectivity index (χ0) is 13.0. The standard InChI is InChI=1S/C13H20N2O2S/c1-10-5-6-12(18-10)14-13(17)15-8-3-2-4-11(15)7-9-16/h5-6,11,16H,2-4,7-9H2,1H3,(H,14,17). The molecule has 0 bridgehead atoms. The maximum Gasteiger partial charge on any atom is 0.322 e. The molecule has 0 radical (unpaired) electrons. The van der Waals surface area contributed by atoms with Crippen molar-refractivity contribution in [3.05, 3.63) is 17.0 Å². The first-order chi connectivity index (χ1) is 8.70. The molecule has 0 saturated carbocycles. The van der Waals surface area contributed by atoms with Gasteiger partial charge in [0.25, 0.3) is 0 Å². The highest BCUT2D eigenvalue weighted by Crippen LogP contribution is 2.24. The molecule has 0 spiro atoms. The molecule has 100 valence electrons. The van der Waals surface area contributed by atoms with E-state index in [-0.39, 0.29) is 18.7 Å². The second kappa shape index (κ2) is 6.20. The molecule has 1 unspecified atom stereocenters. The number of hydrogen-bond acceptors (Lipinski definition) is 3. The minimum absolute atomic E-state index is 0.0324. The molecule has 1 aromatic heterocycles. The molecule has 2 amide bonds. The Morgan fingerprint density at radius 3 is 3.06 bits per heavy atom. The van der Waals surface area contributed by atoms with Gasteiger partial charge in [-0.3, -0.25) is 5.32 Å². The molecule has 5 heteroatoms. The van der Waals surface area contributed by atoms with Crippen LogP contribution in [0.25, 0.3) is 0 Å². The lowest BCUT2D eigenvalue weighted by Crippen LogP contribution is -2.46. The van der Waals surface area contributed by atoms with Gasteiger partial charge in [-0.2, -0.15) is 0 Å². The van der Waals surface area contributed by atoms with Gasteiger partial charge in [0.2, 0.25) is 0 Å². The Morgan fingerprint density at radius 2 is 2.39 bits per heavy atom. The lowest BCUT2D eigenvalue weighted by molar-refractivity contribution is 0.141. The van der Waals surface area contributed by atoms with E-state index < -0.39 is 0 Å². The molecule has 1 aliphatic rings. The molecule has 1 atom stereocenters.